The summed E-state index contributed by atoms with van der Waals surface area (Å²) in [5.74, 6) is 0.700. The largest absolute Gasteiger partial charge is 0.293 e. The minimum absolute atomic E-state index is 0.00833. The van der Waals surface area contributed by atoms with E-state index >= 15 is 0 Å². The van der Waals surface area contributed by atoms with Gasteiger partial charge in [0.1, 0.15) is 5.71 Å². The van der Waals surface area contributed by atoms with Gasteiger partial charge in [-0.3, -0.25) is 14.6 Å². The van der Waals surface area contributed by atoms with E-state index in [1.54, 1.807) is 0 Å². The monoisotopic (exact) mass is 361 g/mol. The summed E-state index contributed by atoms with van der Waals surface area (Å²) >= 11 is 0. The van der Waals surface area contributed by atoms with E-state index in [1.165, 1.54) is 18.4 Å². The number of hydrogen-bond donors (Lipinski definition) is 0. The van der Waals surface area contributed by atoms with Crippen molar-refractivity contribution in [1.82, 2.24) is 4.90 Å². The zero-order chi connectivity index (χ0) is 18.8. The predicted molar refractivity (Wildman–Crippen MR) is 111 cm³/mol. The van der Waals surface area contributed by atoms with Gasteiger partial charge in [0.05, 0.1) is 18.0 Å². The third kappa shape index (κ3) is 3.67. The molecule has 2 heterocycles. The van der Waals surface area contributed by atoms with Crippen molar-refractivity contribution in [3.63, 3.8) is 0 Å². The van der Waals surface area contributed by atoms with E-state index in [9.17, 15) is 4.79 Å². The maximum absolute atomic E-state index is 13.2. The maximum Gasteiger partial charge on any atom is 0.278 e. The lowest BCUT2D eigenvalue weighted by molar-refractivity contribution is -0.112. The van der Waals surface area contributed by atoms with E-state index < -0.39 is 0 Å². The van der Waals surface area contributed by atoms with Crippen LogP contribution in [-0.4, -0.2) is 36.3 Å². The molecule has 2 aromatic rings. The highest BCUT2D eigenvalue weighted by atomic mass is 16.2. The van der Waals surface area contributed by atoms with Crippen LogP contribution in [0, 0.1) is 5.92 Å². The predicted octanol–water partition coefficient (Wildman–Crippen LogP) is 4.41. The van der Waals surface area contributed by atoms with Crippen LogP contribution in [0.5, 0.6) is 0 Å². The normalized spacial score (nSPS) is 21.7. The van der Waals surface area contributed by atoms with E-state index in [1.807, 2.05) is 41.3 Å². The molecule has 4 heteroatoms. The molecule has 140 valence electrons. The molecule has 4 rings (SSSR count). The first-order valence-corrected chi connectivity index (χ1v) is 9.97. The lowest BCUT2D eigenvalue weighted by Crippen LogP contribution is -2.45. The van der Waals surface area contributed by atoms with Crippen molar-refractivity contribution in [3.05, 3.63) is 59.7 Å². The van der Waals surface area contributed by atoms with Crippen LogP contribution in [0.25, 0.3) is 0 Å². The van der Waals surface area contributed by atoms with Gasteiger partial charge < -0.3 is 0 Å². The number of amides is 1. The number of benzene rings is 2. The molecule has 4 nitrogen and oxygen atoms in total. The summed E-state index contributed by atoms with van der Waals surface area (Å²) in [6, 6.07) is 16.2. The lowest BCUT2D eigenvalue weighted by atomic mass is 10.0. The van der Waals surface area contributed by atoms with Gasteiger partial charge in [0, 0.05) is 12.1 Å². The number of piperidine rings is 1. The summed E-state index contributed by atoms with van der Waals surface area (Å²) in [5, 5.41) is 0. The van der Waals surface area contributed by atoms with E-state index in [4.69, 9.17) is 4.99 Å². The molecule has 1 saturated heterocycles. The van der Waals surface area contributed by atoms with Crippen molar-refractivity contribution in [2.75, 3.05) is 24.7 Å². The van der Waals surface area contributed by atoms with Crippen molar-refractivity contribution in [2.24, 2.45) is 10.9 Å². The molecular weight excluding hydrogens is 334 g/mol. The number of carbonyl (C=O) groups is 1. The molecule has 2 aliphatic heterocycles. The standard InChI is InChI=1S/C23H27N3O/c1-3-18-10-12-19(13-11-18)24-22-20-8-4-5-9-21(20)26(23(22)27)16-25-14-6-7-17(2)15-25/h4-5,8-13,17H,3,6-7,14-16H2,1-2H3/t17-/m1/s1. The average molecular weight is 361 g/mol. The van der Waals surface area contributed by atoms with Gasteiger partial charge in [-0.1, -0.05) is 44.2 Å². The molecular formula is C23H27N3O. The summed E-state index contributed by atoms with van der Waals surface area (Å²) in [5.41, 5.74) is 4.58. The minimum Gasteiger partial charge on any atom is -0.293 e. The summed E-state index contributed by atoms with van der Waals surface area (Å²) in [4.78, 5) is 22.2. The molecule has 0 aromatic heterocycles. The van der Waals surface area contributed by atoms with Crippen molar-refractivity contribution in [3.8, 4) is 0 Å². The van der Waals surface area contributed by atoms with Gasteiger partial charge in [-0.2, -0.15) is 0 Å². The molecule has 1 atom stereocenters. The maximum atomic E-state index is 13.2. The van der Waals surface area contributed by atoms with Gasteiger partial charge in [0.15, 0.2) is 0 Å². The quantitative estimate of drug-likeness (QED) is 0.809. The van der Waals surface area contributed by atoms with Crippen LogP contribution in [0.15, 0.2) is 53.5 Å². The highest BCUT2D eigenvalue weighted by Crippen LogP contribution is 2.31. The van der Waals surface area contributed by atoms with Gasteiger partial charge in [0.25, 0.3) is 5.91 Å². The number of nitrogens with zero attached hydrogens (tertiary/aromatic N) is 3. The SMILES string of the molecule is CCc1ccc(N=C2C(=O)N(CN3CCC[C@@H](C)C3)c3ccccc32)cc1. The van der Waals surface area contributed by atoms with Crippen LogP contribution >= 0.6 is 0 Å². The second-order valence-electron chi connectivity index (χ2n) is 7.70. The lowest BCUT2D eigenvalue weighted by Gasteiger charge is -2.33. The van der Waals surface area contributed by atoms with Crippen molar-refractivity contribution in [1.29, 1.82) is 0 Å². The Kier molecular flexibility index (Phi) is 5.08. The number of anilines is 1. The van der Waals surface area contributed by atoms with Crippen LogP contribution in [0.2, 0.25) is 0 Å². The number of likely N-dealkylation sites (tertiary alicyclic amines) is 1. The Morgan fingerprint density at radius 1 is 1.11 bits per heavy atom. The number of rotatable bonds is 4. The Balaban J connectivity index is 1.63. The number of para-hydroxylation sites is 1. The third-order valence-electron chi connectivity index (χ3n) is 5.57. The summed E-state index contributed by atoms with van der Waals surface area (Å²) in [6.07, 6.45) is 3.48. The van der Waals surface area contributed by atoms with E-state index in [2.05, 4.69) is 30.9 Å². The zero-order valence-electron chi connectivity index (χ0n) is 16.2. The molecule has 1 fully saturated rings. The molecule has 0 unspecified atom stereocenters. The third-order valence-corrected chi connectivity index (χ3v) is 5.57. The van der Waals surface area contributed by atoms with Crippen molar-refractivity contribution in [2.45, 2.75) is 33.1 Å². The highest BCUT2D eigenvalue weighted by Gasteiger charge is 2.35. The molecule has 0 N–H and O–H groups in total. The second-order valence-corrected chi connectivity index (χ2v) is 7.70. The topological polar surface area (TPSA) is 35.9 Å². The Labute approximate surface area is 161 Å². The first-order chi connectivity index (χ1) is 13.2. The molecule has 27 heavy (non-hydrogen) atoms. The molecule has 0 radical (unpaired) electrons. The van der Waals surface area contributed by atoms with Crippen LogP contribution in [0.1, 0.15) is 37.8 Å². The first-order valence-electron chi connectivity index (χ1n) is 9.97. The molecule has 2 aliphatic rings. The van der Waals surface area contributed by atoms with Crippen LogP contribution < -0.4 is 4.90 Å². The molecule has 0 saturated carbocycles. The number of aryl methyl sites for hydroxylation is 1. The Bertz CT molecular complexity index is 856. The second kappa shape index (κ2) is 7.65. The Morgan fingerprint density at radius 2 is 1.89 bits per heavy atom. The van der Waals surface area contributed by atoms with Gasteiger partial charge in [-0.05, 0) is 55.5 Å². The van der Waals surface area contributed by atoms with Crippen LogP contribution in [0.3, 0.4) is 0 Å². The zero-order valence-corrected chi connectivity index (χ0v) is 16.2. The van der Waals surface area contributed by atoms with Gasteiger partial charge >= 0.3 is 0 Å². The smallest absolute Gasteiger partial charge is 0.278 e. The molecule has 1 amide bonds. The van der Waals surface area contributed by atoms with Gasteiger partial charge in [0.2, 0.25) is 0 Å². The van der Waals surface area contributed by atoms with Crippen molar-refractivity contribution < 1.29 is 4.79 Å². The fraction of sp³-hybridized carbons (Fsp3) is 0.391. The summed E-state index contributed by atoms with van der Waals surface area (Å²) in [7, 11) is 0. The first kappa shape index (κ1) is 17.9. The number of aliphatic imine (C=N–C) groups is 1. The Hall–Kier alpha value is -2.46. The molecule has 0 spiro atoms. The van der Waals surface area contributed by atoms with E-state index in [-0.39, 0.29) is 5.91 Å². The van der Waals surface area contributed by atoms with E-state index in [0.717, 1.165) is 36.4 Å². The average Bonchev–Trinajstić information content (AvgIpc) is 2.95. The fourth-order valence-corrected chi connectivity index (χ4v) is 4.06. The number of fused-ring (bicyclic) bond motifs is 1. The number of hydrogen-bond acceptors (Lipinski definition) is 3. The van der Waals surface area contributed by atoms with Crippen molar-refractivity contribution >= 4 is 23.0 Å². The van der Waals surface area contributed by atoms with Gasteiger partial charge in [-0.25, -0.2) is 4.99 Å². The summed E-state index contributed by atoms with van der Waals surface area (Å²) < 4.78 is 0. The summed E-state index contributed by atoms with van der Waals surface area (Å²) in [6.45, 7) is 7.18. The molecule has 2 aromatic carbocycles. The Morgan fingerprint density at radius 3 is 2.63 bits per heavy atom. The molecule has 0 aliphatic carbocycles. The van der Waals surface area contributed by atoms with Crippen LogP contribution in [0.4, 0.5) is 11.4 Å². The van der Waals surface area contributed by atoms with Gasteiger partial charge in [-0.15, -0.1) is 0 Å². The number of carbonyl (C=O) groups excluding carboxylic acids is 1. The molecule has 0 bridgehead atoms. The highest BCUT2D eigenvalue weighted by molar-refractivity contribution is 6.54. The van der Waals surface area contributed by atoms with E-state index in [0.29, 0.717) is 18.3 Å². The van der Waals surface area contributed by atoms with Crippen LogP contribution in [-0.2, 0) is 11.2 Å². The fourth-order valence-electron chi connectivity index (χ4n) is 4.06. The minimum atomic E-state index is 0.00833.